The van der Waals surface area contributed by atoms with Crippen molar-refractivity contribution in [1.82, 2.24) is 4.90 Å². The van der Waals surface area contributed by atoms with Crippen molar-refractivity contribution >= 4 is 34.2 Å². The molecule has 34 heavy (non-hydrogen) atoms. The predicted molar refractivity (Wildman–Crippen MR) is 135 cm³/mol. The Balaban J connectivity index is 1.35. The number of nitro benzene ring substituents is 1. The fraction of sp³-hybridized carbons (Fsp3) is 0.192. The summed E-state index contributed by atoms with van der Waals surface area (Å²) in [6, 6.07) is 20.2. The molecule has 0 saturated carbocycles. The van der Waals surface area contributed by atoms with Gasteiger partial charge >= 0.3 is 0 Å². The van der Waals surface area contributed by atoms with E-state index in [-0.39, 0.29) is 16.5 Å². The van der Waals surface area contributed by atoms with Gasteiger partial charge < -0.3 is 21.3 Å². The van der Waals surface area contributed by atoms with Crippen LogP contribution in [-0.2, 0) is 17.8 Å². The van der Waals surface area contributed by atoms with Gasteiger partial charge in [-0.25, -0.2) is 0 Å². The second kappa shape index (κ2) is 9.76. The molecular weight excluding hydrogens is 430 g/mol. The lowest BCUT2D eigenvalue weighted by Gasteiger charge is -2.17. The normalized spacial score (nSPS) is 14.0. The Bertz CT molecular complexity index is 1250. The molecule has 0 radical (unpaired) electrons. The largest absolute Gasteiger partial charge is 0.399 e. The van der Waals surface area contributed by atoms with Gasteiger partial charge in [0.2, 0.25) is 0 Å². The van der Waals surface area contributed by atoms with Crippen LogP contribution < -0.4 is 16.4 Å². The first kappa shape index (κ1) is 23.0. The van der Waals surface area contributed by atoms with Gasteiger partial charge in [-0.15, -0.1) is 0 Å². The number of nitrogens with zero attached hydrogens (tertiary/aromatic N) is 2. The summed E-state index contributed by atoms with van der Waals surface area (Å²) >= 11 is 0. The fourth-order valence-electron chi connectivity index (χ4n) is 4.02. The zero-order valence-electron chi connectivity index (χ0n) is 19.2. The van der Waals surface area contributed by atoms with E-state index in [4.69, 9.17) is 5.73 Å². The van der Waals surface area contributed by atoms with Crippen LogP contribution in [0.2, 0.25) is 0 Å². The average Bonchev–Trinajstić information content (AvgIpc) is 3.14. The van der Waals surface area contributed by atoms with Crippen LogP contribution in [0.4, 0.5) is 22.7 Å². The van der Waals surface area contributed by atoms with Crippen molar-refractivity contribution in [3.63, 3.8) is 0 Å². The van der Waals surface area contributed by atoms with Crippen LogP contribution in [0.15, 0.2) is 72.4 Å². The van der Waals surface area contributed by atoms with Gasteiger partial charge in [-0.1, -0.05) is 24.3 Å². The van der Waals surface area contributed by atoms with E-state index < -0.39 is 0 Å². The number of fused-ring (bicyclic) bond motifs is 1. The van der Waals surface area contributed by atoms with Gasteiger partial charge in [-0.2, -0.15) is 0 Å². The van der Waals surface area contributed by atoms with Crippen LogP contribution in [-0.4, -0.2) is 29.3 Å². The van der Waals surface area contributed by atoms with Crippen LogP contribution in [0.25, 0.3) is 5.57 Å². The highest BCUT2D eigenvalue weighted by Crippen LogP contribution is 2.35. The maximum atomic E-state index is 12.5. The second-order valence-corrected chi connectivity index (χ2v) is 8.49. The molecule has 0 unspecified atom stereocenters. The molecule has 3 aromatic rings. The fourth-order valence-corrected chi connectivity index (χ4v) is 4.02. The quantitative estimate of drug-likeness (QED) is 0.196. The number of allylic oxidation sites excluding steroid dienone is 1. The first-order valence-electron chi connectivity index (χ1n) is 11.0. The lowest BCUT2D eigenvalue weighted by molar-refractivity contribution is -0.384. The summed E-state index contributed by atoms with van der Waals surface area (Å²) in [6.07, 6.45) is 0.814. The summed E-state index contributed by atoms with van der Waals surface area (Å²) in [7, 11) is 2.05. The minimum absolute atomic E-state index is 0.110. The average molecular weight is 458 g/mol. The van der Waals surface area contributed by atoms with Gasteiger partial charge in [0.1, 0.15) is 0 Å². The maximum absolute atomic E-state index is 12.5. The van der Waals surface area contributed by atoms with Crippen molar-refractivity contribution in [2.45, 2.75) is 19.9 Å². The second-order valence-electron chi connectivity index (χ2n) is 8.49. The summed E-state index contributed by atoms with van der Waals surface area (Å²) in [5, 5.41) is 17.0. The highest BCUT2D eigenvalue weighted by molar-refractivity contribution is 6.32. The third-order valence-electron chi connectivity index (χ3n) is 5.83. The Kier molecular flexibility index (Phi) is 6.60. The van der Waals surface area contributed by atoms with Crippen LogP contribution in [0.3, 0.4) is 0 Å². The van der Waals surface area contributed by atoms with Crippen LogP contribution in [0.5, 0.6) is 0 Å². The Morgan fingerprint density at radius 1 is 1.06 bits per heavy atom. The Morgan fingerprint density at radius 2 is 1.74 bits per heavy atom. The van der Waals surface area contributed by atoms with Crippen LogP contribution >= 0.6 is 0 Å². The molecule has 1 aliphatic heterocycles. The molecule has 8 heteroatoms. The highest BCUT2D eigenvalue weighted by atomic mass is 16.6. The molecule has 0 fully saturated rings. The van der Waals surface area contributed by atoms with E-state index in [1.165, 1.54) is 5.56 Å². The molecule has 0 saturated heterocycles. The van der Waals surface area contributed by atoms with Gasteiger partial charge in [0.25, 0.3) is 11.6 Å². The number of anilines is 3. The Labute approximate surface area is 198 Å². The predicted octanol–water partition coefficient (Wildman–Crippen LogP) is 4.65. The van der Waals surface area contributed by atoms with Crippen molar-refractivity contribution in [3.8, 4) is 0 Å². The highest BCUT2D eigenvalue weighted by Gasteiger charge is 2.26. The number of nitro groups is 1. The number of nitrogen functional groups attached to an aromatic ring is 1. The number of carbonyl (C=O) groups excluding carboxylic acids is 1. The zero-order chi connectivity index (χ0) is 24.2. The van der Waals surface area contributed by atoms with Gasteiger partial charge in [-0.3, -0.25) is 14.9 Å². The lowest BCUT2D eigenvalue weighted by atomic mass is 10.0. The first-order valence-corrected chi connectivity index (χ1v) is 11.0. The minimum Gasteiger partial charge on any atom is -0.399 e. The molecule has 1 amide bonds. The SMILES string of the molecule is CC(Nc1ccc(CN(C)CCc2ccc([N+](=O)[O-])cc2)cc1)=C1C(=O)Nc2ccc(N)cc21. The monoisotopic (exact) mass is 457 g/mol. The first-order chi connectivity index (χ1) is 16.3. The molecule has 4 rings (SSSR count). The summed E-state index contributed by atoms with van der Waals surface area (Å²) in [4.78, 5) is 25.1. The molecule has 0 atom stereocenters. The van der Waals surface area contributed by atoms with E-state index in [1.54, 1.807) is 30.3 Å². The van der Waals surface area contributed by atoms with Crippen LogP contribution in [0, 0.1) is 10.1 Å². The molecule has 1 aliphatic rings. The van der Waals surface area contributed by atoms with E-state index in [2.05, 4.69) is 27.7 Å². The maximum Gasteiger partial charge on any atom is 0.269 e. The molecule has 0 spiro atoms. The van der Waals surface area contributed by atoms with E-state index in [0.29, 0.717) is 11.3 Å². The number of amides is 1. The Hall–Kier alpha value is -4.17. The number of hydrogen-bond acceptors (Lipinski definition) is 6. The smallest absolute Gasteiger partial charge is 0.269 e. The molecular formula is C26H27N5O3. The third kappa shape index (κ3) is 5.24. The number of benzene rings is 3. The molecule has 4 N–H and O–H groups in total. The van der Waals surface area contributed by atoms with Crippen molar-refractivity contribution in [2.24, 2.45) is 0 Å². The van der Waals surface area contributed by atoms with E-state index >= 15 is 0 Å². The Morgan fingerprint density at radius 3 is 2.41 bits per heavy atom. The number of nitrogens with two attached hydrogens (primary N) is 1. The summed E-state index contributed by atoms with van der Waals surface area (Å²) in [5.41, 5.74) is 12.7. The number of non-ortho nitro benzene ring substituents is 1. The summed E-state index contributed by atoms with van der Waals surface area (Å²) < 4.78 is 0. The molecule has 0 aliphatic carbocycles. The molecule has 3 aromatic carbocycles. The van der Waals surface area contributed by atoms with Crippen molar-refractivity contribution < 1.29 is 9.72 Å². The number of rotatable bonds is 8. The van der Waals surface area contributed by atoms with Crippen molar-refractivity contribution in [3.05, 3.63) is 99.2 Å². The molecule has 174 valence electrons. The molecule has 1 heterocycles. The van der Waals surface area contributed by atoms with Crippen molar-refractivity contribution in [2.75, 3.05) is 30.0 Å². The summed E-state index contributed by atoms with van der Waals surface area (Å²) in [6.45, 7) is 3.50. The van der Waals surface area contributed by atoms with E-state index in [1.807, 2.05) is 38.2 Å². The lowest BCUT2D eigenvalue weighted by Crippen LogP contribution is -2.20. The van der Waals surface area contributed by atoms with E-state index in [9.17, 15) is 14.9 Å². The standard InChI is InChI=1S/C26H27N5O3/c1-17(25-23-15-20(27)7-12-24(23)29-26(25)32)28-21-8-3-19(4-9-21)16-30(2)14-13-18-5-10-22(11-6-18)31(33)34/h3-12,15,28H,13-14,16,27H2,1-2H3,(H,29,32). The third-order valence-corrected chi connectivity index (χ3v) is 5.83. The molecule has 0 bridgehead atoms. The number of likely N-dealkylation sites (N-methyl/N-ethyl adjacent to an activating group) is 1. The zero-order valence-corrected chi connectivity index (χ0v) is 19.2. The summed E-state index contributed by atoms with van der Waals surface area (Å²) in [5.74, 6) is -0.142. The van der Waals surface area contributed by atoms with Gasteiger partial charge in [0, 0.05) is 53.5 Å². The molecule has 8 nitrogen and oxygen atoms in total. The number of nitrogens with one attached hydrogen (secondary N) is 2. The van der Waals surface area contributed by atoms with Crippen LogP contribution in [0.1, 0.15) is 23.6 Å². The molecule has 0 aromatic heterocycles. The minimum atomic E-state index is -0.385. The van der Waals surface area contributed by atoms with Gasteiger partial charge in [0.05, 0.1) is 10.5 Å². The van der Waals surface area contributed by atoms with Gasteiger partial charge in [0.15, 0.2) is 0 Å². The number of carbonyl (C=O) groups is 1. The topological polar surface area (TPSA) is 114 Å². The van der Waals surface area contributed by atoms with Crippen molar-refractivity contribution in [1.29, 1.82) is 0 Å². The van der Waals surface area contributed by atoms with Gasteiger partial charge in [-0.05, 0) is 61.9 Å². The number of hydrogen-bond donors (Lipinski definition) is 3. The van der Waals surface area contributed by atoms with E-state index in [0.717, 1.165) is 47.7 Å².